The van der Waals surface area contributed by atoms with Crippen LogP contribution in [0.4, 0.5) is 0 Å². The number of halogens is 2. The van der Waals surface area contributed by atoms with Crippen molar-refractivity contribution in [2.75, 3.05) is 6.61 Å². The van der Waals surface area contributed by atoms with Gasteiger partial charge in [-0.15, -0.1) is 0 Å². The molecule has 3 N–H and O–H groups in total. The van der Waals surface area contributed by atoms with E-state index in [9.17, 15) is 9.59 Å². The first-order chi connectivity index (χ1) is 13.3. The van der Waals surface area contributed by atoms with Gasteiger partial charge in [-0.05, 0) is 76.9 Å². The highest BCUT2D eigenvalue weighted by molar-refractivity contribution is 9.10. The van der Waals surface area contributed by atoms with E-state index in [-0.39, 0.29) is 17.6 Å². The predicted octanol–water partition coefficient (Wildman–Crippen LogP) is 3.80. The van der Waals surface area contributed by atoms with Crippen molar-refractivity contribution in [1.29, 1.82) is 0 Å². The summed E-state index contributed by atoms with van der Waals surface area (Å²) in [5.74, 6) is -0.269. The maximum Gasteiger partial charge on any atom is 0.269 e. The van der Waals surface area contributed by atoms with Crippen molar-refractivity contribution in [3.63, 3.8) is 0 Å². The van der Waals surface area contributed by atoms with Crippen molar-refractivity contribution in [3.05, 3.63) is 62.0 Å². The first-order valence-electron chi connectivity index (χ1n) is 8.37. The summed E-state index contributed by atoms with van der Waals surface area (Å²) in [6, 6.07) is 10.9. The van der Waals surface area contributed by atoms with Crippen LogP contribution in [-0.4, -0.2) is 23.5 Å². The van der Waals surface area contributed by atoms with Gasteiger partial charge in [0.1, 0.15) is 5.75 Å². The molecule has 6 nitrogen and oxygen atoms in total. The Morgan fingerprint density at radius 1 is 1.07 bits per heavy atom. The number of hydrazine groups is 1. The number of nitrogens with one attached hydrogen (secondary N) is 3. The Balaban J connectivity index is 1.78. The summed E-state index contributed by atoms with van der Waals surface area (Å²) < 4.78 is 7.08. The highest BCUT2D eigenvalue weighted by atomic mass is 79.9. The first-order valence-corrected chi connectivity index (χ1v) is 10.4. The normalized spacial score (nSPS) is 10.1. The van der Waals surface area contributed by atoms with E-state index in [1.807, 2.05) is 25.1 Å². The lowest BCUT2D eigenvalue weighted by Gasteiger charge is -2.12. The number of amides is 2. The lowest BCUT2D eigenvalue weighted by molar-refractivity contribution is -0.121. The Bertz CT molecular complexity index is 906. The van der Waals surface area contributed by atoms with E-state index in [4.69, 9.17) is 17.0 Å². The first kappa shape index (κ1) is 22.3. The summed E-state index contributed by atoms with van der Waals surface area (Å²) in [5.41, 5.74) is 7.54. The van der Waals surface area contributed by atoms with Crippen molar-refractivity contribution >= 4 is 61.0 Å². The standard InChI is InChI=1S/C19H19Br2N3O3S/c1-3-12-5-7-16(15(21)8-12)27-10-17(25)22-19(28)24-23-18(26)13-6-4-11(2)14(20)9-13/h4-9H,3,10H2,1-2H3,(H,23,26)(H2,22,24,25,28). The van der Waals surface area contributed by atoms with Gasteiger partial charge in [-0.1, -0.05) is 35.0 Å². The van der Waals surface area contributed by atoms with Crippen LogP contribution in [0.1, 0.15) is 28.4 Å². The topological polar surface area (TPSA) is 79.5 Å². The molecule has 0 saturated carbocycles. The molecule has 2 aromatic rings. The SMILES string of the molecule is CCc1ccc(OCC(=O)NC(=S)NNC(=O)c2ccc(C)c(Br)c2)c(Br)c1. The summed E-state index contributed by atoms with van der Waals surface area (Å²) in [6.45, 7) is 3.76. The molecule has 0 fully saturated rings. The number of hydrogen-bond donors (Lipinski definition) is 3. The number of carbonyl (C=O) groups is 2. The Morgan fingerprint density at radius 2 is 1.82 bits per heavy atom. The van der Waals surface area contributed by atoms with Crippen molar-refractivity contribution in [2.24, 2.45) is 0 Å². The molecule has 0 unspecified atom stereocenters. The Hall–Kier alpha value is -1.97. The number of benzene rings is 2. The van der Waals surface area contributed by atoms with Crippen LogP contribution in [0.5, 0.6) is 5.75 Å². The van der Waals surface area contributed by atoms with E-state index < -0.39 is 5.91 Å². The van der Waals surface area contributed by atoms with Crippen LogP contribution < -0.4 is 20.9 Å². The van der Waals surface area contributed by atoms with Gasteiger partial charge in [0, 0.05) is 10.0 Å². The molecule has 2 amide bonds. The molecule has 0 bridgehead atoms. The summed E-state index contributed by atoms with van der Waals surface area (Å²) in [5, 5.41) is 2.40. The van der Waals surface area contributed by atoms with Crippen molar-refractivity contribution < 1.29 is 14.3 Å². The lowest BCUT2D eigenvalue weighted by atomic mass is 10.1. The van der Waals surface area contributed by atoms with E-state index >= 15 is 0 Å². The van der Waals surface area contributed by atoms with Gasteiger partial charge in [0.2, 0.25) is 0 Å². The summed E-state index contributed by atoms with van der Waals surface area (Å²) in [7, 11) is 0. The van der Waals surface area contributed by atoms with Gasteiger partial charge in [0.05, 0.1) is 4.47 Å². The van der Waals surface area contributed by atoms with Crippen LogP contribution in [0.25, 0.3) is 0 Å². The number of thiocarbonyl (C=S) groups is 1. The summed E-state index contributed by atoms with van der Waals surface area (Å²) >= 11 is 11.8. The molecule has 0 radical (unpaired) electrons. The third-order valence-corrected chi connectivity index (χ3v) is 5.42. The summed E-state index contributed by atoms with van der Waals surface area (Å²) in [6.07, 6.45) is 0.907. The molecule has 9 heteroatoms. The maximum absolute atomic E-state index is 12.1. The largest absolute Gasteiger partial charge is 0.483 e. The van der Waals surface area contributed by atoms with Gasteiger partial charge in [-0.3, -0.25) is 25.8 Å². The molecule has 0 aliphatic carbocycles. The molecule has 2 aromatic carbocycles. The molecule has 0 aromatic heterocycles. The van der Waals surface area contributed by atoms with E-state index in [1.54, 1.807) is 18.2 Å². The highest BCUT2D eigenvalue weighted by Gasteiger charge is 2.10. The average molecular weight is 529 g/mol. The molecular weight excluding hydrogens is 510 g/mol. The monoisotopic (exact) mass is 527 g/mol. The van der Waals surface area contributed by atoms with Crippen molar-refractivity contribution in [3.8, 4) is 5.75 Å². The van der Waals surface area contributed by atoms with Crippen LogP contribution in [0.3, 0.4) is 0 Å². The molecule has 0 spiro atoms. The smallest absolute Gasteiger partial charge is 0.269 e. The lowest BCUT2D eigenvalue weighted by Crippen LogP contribution is -2.49. The Labute approximate surface area is 185 Å². The second kappa shape index (κ2) is 10.5. The van der Waals surface area contributed by atoms with Crippen molar-refractivity contribution in [2.45, 2.75) is 20.3 Å². The molecule has 0 saturated heterocycles. The van der Waals surface area contributed by atoms with Crippen LogP contribution in [-0.2, 0) is 11.2 Å². The fourth-order valence-corrected chi connectivity index (χ4v) is 3.22. The minimum Gasteiger partial charge on any atom is -0.483 e. The van der Waals surface area contributed by atoms with E-state index in [1.165, 1.54) is 0 Å². The molecule has 0 aliphatic rings. The zero-order chi connectivity index (χ0) is 20.7. The van der Waals surface area contributed by atoms with Crippen LogP contribution >= 0.6 is 44.1 Å². The van der Waals surface area contributed by atoms with Crippen LogP contribution in [0.15, 0.2) is 45.3 Å². The average Bonchev–Trinajstić information content (AvgIpc) is 2.67. The number of aryl methyl sites for hydroxylation is 2. The van der Waals surface area contributed by atoms with Gasteiger partial charge in [0.25, 0.3) is 11.8 Å². The van der Waals surface area contributed by atoms with E-state index in [0.717, 1.165) is 26.5 Å². The number of hydrogen-bond acceptors (Lipinski definition) is 4. The fraction of sp³-hybridized carbons (Fsp3) is 0.211. The number of rotatable bonds is 5. The molecular formula is C19H19Br2N3O3S. The minimum atomic E-state index is -0.448. The third-order valence-electron chi connectivity index (χ3n) is 3.74. The number of carbonyl (C=O) groups excluding carboxylic acids is 2. The summed E-state index contributed by atoms with van der Waals surface area (Å²) in [4.78, 5) is 24.1. The third kappa shape index (κ3) is 6.57. The Kier molecular flexibility index (Phi) is 8.40. The Morgan fingerprint density at radius 3 is 2.46 bits per heavy atom. The predicted molar refractivity (Wildman–Crippen MR) is 119 cm³/mol. The van der Waals surface area contributed by atoms with Crippen molar-refractivity contribution in [1.82, 2.24) is 16.2 Å². The van der Waals surface area contributed by atoms with E-state index in [2.05, 4.69) is 55.0 Å². The minimum absolute atomic E-state index is 0.0338. The molecule has 0 atom stereocenters. The van der Waals surface area contributed by atoms with Gasteiger partial charge in [0.15, 0.2) is 11.7 Å². The van der Waals surface area contributed by atoms with E-state index in [0.29, 0.717) is 11.3 Å². The molecule has 148 valence electrons. The zero-order valence-corrected chi connectivity index (χ0v) is 19.3. The van der Waals surface area contributed by atoms with Crippen LogP contribution in [0.2, 0.25) is 0 Å². The fourth-order valence-electron chi connectivity index (χ4n) is 2.14. The van der Waals surface area contributed by atoms with Gasteiger partial charge in [-0.25, -0.2) is 0 Å². The zero-order valence-electron chi connectivity index (χ0n) is 15.3. The number of ether oxygens (including phenoxy) is 1. The maximum atomic E-state index is 12.1. The van der Waals surface area contributed by atoms with Gasteiger partial charge in [-0.2, -0.15) is 0 Å². The second-order valence-corrected chi connectivity index (χ2v) is 7.94. The highest BCUT2D eigenvalue weighted by Crippen LogP contribution is 2.26. The molecule has 28 heavy (non-hydrogen) atoms. The van der Waals surface area contributed by atoms with Crippen LogP contribution in [0, 0.1) is 6.92 Å². The van der Waals surface area contributed by atoms with Gasteiger partial charge >= 0.3 is 0 Å². The quantitative estimate of drug-likeness (QED) is 0.406. The molecule has 0 aliphatic heterocycles. The molecule has 2 rings (SSSR count). The van der Waals surface area contributed by atoms with Gasteiger partial charge < -0.3 is 4.74 Å². The molecule has 0 heterocycles. The second-order valence-electron chi connectivity index (χ2n) is 5.83.